The van der Waals surface area contributed by atoms with Crippen LogP contribution in [0.15, 0.2) is 72.8 Å². The maximum atomic E-state index is 5.83. The summed E-state index contributed by atoms with van der Waals surface area (Å²) < 4.78 is 4.16. The molecule has 0 aromatic heterocycles. The second-order valence-electron chi connectivity index (χ2n) is 5.11. The molecule has 0 amide bonds. The molecule has 4 heteroatoms. The van der Waals surface area contributed by atoms with Crippen LogP contribution in [0.3, 0.4) is 0 Å². The zero-order chi connectivity index (χ0) is 15.5. The average Bonchev–Trinajstić information content (AvgIpc) is 2.53. The monoisotopic (exact) mass is 485 g/mol. The van der Waals surface area contributed by atoms with Crippen LogP contribution in [0.4, 0.5) is 17.1 Å². The summed E-state index contributed by atoms with van der Waals surface area (Å²) in [6.45, 7) is 0. The molecule has 0 unspecified atom stereocenters. The Morgan fingerprint density at radius 3 is 0.864 bits per heavy atom. The topological polar surface area (TPSA) is 78.1 Å². The van der Waals surface area contributed by atoms with Crippen LogP contribution in [0, 0.1) is 0 Å². The van der Waals surface area contributed by atoms with Gasteiger partial charge in [-0.3, -0.25) is 0 Å². The molecule has 0 spiro atoms. The molecule has 0 atom stereocenters. The molecule has 6 N–H and O–H groups in total. The van der Waals surface area contributed by atoms with E-state index in [0.29, 0.717) is 0 Å². The van der Waals surface area contributed by atoms with Gasteiger partial charge < -0.3 is 0 Å². The molecule has 3 aromatic rings. The third-order valence-electron chi connectivity index (χ3n) is 3.45. The van der Waals surface area contributed by atoms with Crippen molar-refractivity contribution in [1.29, 1.82) is 0 Å². The van der Waals surface area contributed by atoms with Crippen molar-refractivity contribution < 1.29 is 0 Å². The Balaban J connectivity index is 2.10. The molecule has 0 bridgehead atoms. The van der Waals surface area contributed by atoms with E-state index in [1.807, 2.05) is 36.4 Å². The summed E-state index contributed by atoms with van der Waals surface area (Å²) in [7, 11) is 0. The number of hydrogen-bond acceptors (Lipinski definition) is 3. The Hall–Kier alpha value is -2.06. The van der Waals surface area contributed by atoms with E-state index in [0.717, 1.165) is 17.1 Å². The Kier molecular flexibility index (Phi) is 4.30. The molecular formula is C18H18BiN3. The van der Waals surface area contributed by atoms with Crippen LogP contribution in [0.5, 0.6) is 0 Å². The van der Waals surface area contributed by atoms with Crippen LogP contribution in [-0.4, -0.2) is 21.8 Å². The number of anilines is 3. The minimum absolute atomic E-state index is 0.794. The first-order chi connectivity index (χ1) is 10.6. The van der Waals surface area contributed by atoms with Gasteiger partial charge in [-0.1, -0.05) is 0 Å². The number of benzene rings is 3. The summed E-state index contributed by atoms with van der Waals surface area (Å²) in [6.07, 6.45) is 0. The van der Waals surface area contributed by atoms with Gasteiger partial charge in [0.2, 0.25) is 0 Å². The molecule has 3 nitrogen and oxygen atoms in total. The van der Waals surface area contributed by atoms with Crippen molar-refractivity contribution >= 4 is 48.6 Å². The van der Waals surface area contributed by atoms with Gasteiger partial charge in [0.05, 0.1) is 0 Å². The molecule has 0 aliphatic rings. The predicted molar refractivity (Wildman–Crippen MR) is 97.2 cm³/mol. The molecule has 0 radical (unpaired) electrons. The first-order valence-electron chi connectivity index (χ1n) is 7.00. The minimum atomic E-state index is -2.31. The normalized spacial score (nSPS) is 10.8. The second kappa shape index (κ2) is 6.37. The summed E-state index contributed by atoms with van der Waals surface area (Å²) in [5.41, 5.74) is 19.9. The molecule has 3 rings (SSSR count). The molecular weight excluding hydrogens is 467 g/mol. The fourth-order valence-electron chi connectivity index (χ4n) is 2.32. The van der Waals surface area contributed by atoms with Crippen molar-refractivity contribution in [3.63, 3.8) is 0 Å². The first kappa shape index (κ1) is 14.9. The van der Waals surface area contributed by atoms with Gasteiger partial charge in [-0.15, -0.1) is 0 Å². The van der Waals surface area contributed by atoms with E-state index in [1.165, 1.54) is 9.81 Å². The number of nitrogens with two attached hydrogens (primary N) is 3. The third kappa shape index (κ3) is 3.23. The molecule has 110 valence electrons. The molecule has 0 aliphatic heterocycles. The SMILES string of the molecule is Nc1cc[c]([Bi]([c]2ccc(N)cc2)[c]2ccc(N)cc2)cc1. The van der Waals surface area contributed by atoms with Crippen molar-refractivity contribution in [3.8, 4) is 0 Å². The van der Waals surface area contributed by atoms with Crippen molar-refractivity contribution in [1.82, 2.24) is 0 Å². The van der Waals surface area contributed by atoms with Crippen molar-refractivity contribution in [3.05, 3.63) is 72.8 Å². The fourth-order valence-corrected chi connectivity index (χ4v) is 11.0. The van der Waals surface area contributed by atoms with Crippen LogP contribution < -0.4 is 27.0 Å². The number of nitrogen functional groups attached to an aromatic ring is 3. The zero-order valence-corrected chi connectivity index (χ0v) is 15.6. The van der Waals surface area contributed by atoms with Gasteiger partial charge in [0.1, 0.15) is 0 Å². The van der Waals surface area contributed by atoms with E-state index in [-0.39, 0.29) is 0 Å². The van der Waals surface area contributed by atoms with Crippen molar-refractivity contribution in [2.75, 3.05) is 17.2 Å². The first-order valence-corrected chi connectivity index (χ1v) is 12.2. The molecule has 0 heterocycles. The van der Waals surface area contributed by atoms with E-state index >= 15 is 0 Å². The van der Waals surface area contributed by atoms with E-state index in [1.54, 1.807) is 0 Å². The fraction of sp³-hybridized carbons (Fsp3) is 0. The third-order valence-corrected chi connectivity index (χ3v) is 13.0. The Morgan fingerprint density at radius 2 is 0.636 bits per heavy atom. The summed E-state index contributed by atoms with van der Waals surface area (Å²) in [5, 5.41) is 0. The average molecular weight is 485 g/mol. The van der Waals surface area contributed by atoms with Crippen LogP contribution >= 0.6 is 0 Å². The van der Waals surface area contributed by atoms with Gasteiger partial charge in [-0.25, -0.2) is 0 Å². The Labute approximate surface area is 138 Å². The van der Waals surface area contributed by atoms with E-state index < -0.39 is 21.8 Å². The van der Waals surface area contributed by atoms with Gasteiger partial charge in [0.25, 0.3) is 0 Å². The quantitative estimate of drug-likeness (QED) is 0.382. The molecule has 22 heavy (non-hydrogen) atoms. The van der Waals surface area contributed by atoms with Gasteiger partial charge in [-0.2, -0.15) is 0 Å². The Morgan fingerprint density at radius 1 is 0.409 bits per heavy atom. The molecule has 0 saturated heterocycles. The molecule has 3 aromatic carbocycles. The summed E-state index contributed by atoms with van der Waals surface area (Å²) in [5.74, 6) is 0. The van der Waals surface area contributed by atoms with Gasteiger partial charge in [-0.05, 0) is 0 Å². The number of rotatable bonds is 3. The van der Waals surface area contributed by atoms with Gasteiger partial charge >= 0.3 is 139 Å². The predicted octanol–water partition coefficient (Wildman–Crippen LogP) is 0.949. The molecule has 0 saturated carbocycles. The van der Waals surface area contributed by atoms with E-state index in [9.17, 15) is 0 Å². The summed E-state index contributed by atoms with van der Waals surface area (Å²) in [4.78, 5) is 0. The van der Waals surface area contributed by atoms with E-state index in [2.05, 4.69) is 36.4 Å². The van der Waals surface area contributed by atoms with Crippen LogP contribution in [0.2, 0.25) is 0 Å². The molecule has 0 aliphatic carbocycles. The summed E-state index contributed by atoms with van der Waals surface area (Å²) in [6, 6.07) is 24.8. The second-order valence-corrected chi connectivity index (χ2v) is 13.7. The van der Waals surface area contributed by atoms with Crippen LogP contribution in [0.1, 0.15) is 0 Å². The van der Waals surface area contributed by atoms with E-state index in [4.69, 9.17) is 17.2 Å². The van der Waals surface area contributed by atoms with Crippen molar-refractivity contribution in [2.24, 2.45) is 0 Å². The molecule has 0 fully saturated rings. The Bertz CT molecular complexity index is 642. The zero-order valence-electron chi connectivity index (χ0n) is 12.1. The standard InChI is InChI=1S/3C6H6N.Bi/c3*7-6-4-2-1-3-5-6;/h3*2-5H,7H2;. The van der Waals surface area contributed by atoms with Crippen molar-refractivity contribution in [2.45, 2.75) is 0 Å². The summed E-state index contributed by atoms with van der Waals surface area (Å²) >= 11 is -2.31. The maximum absolute atomic E-state index is 5.83. The number of hydrogen-bond donors (Lipinski definition) is 3. The van der Waals surface area contributed by atoms with Crippen LogP contribution in [-0.2, 0) is 0 Å². The van der Waals surface area contributed by atoms with Gasteiger partial charge in [0.15, 0.2) is 0 Å². The van der Waals surface area contributed by atoms with Crippen LogP contribution in [0.25, 0.3) is 0 Å². The van der Waals surface area contributed by atoms with Gasteiger partial charge in [0, 0.05) is 0 Å².